The number of hydrogen-bond donors (Lipinski definition) is 6. The number of phenols is 1. The zero-order valence-electron chi connectivity index (χ0n) is 21.7. The van der Waals surface area contributed by atoms with Gasteiger partial charge in [-0.25, -0.2) is 4.39 Å². The Bertz CT molecular complexity index is 1400. The molecule has 214 valence electrons. The minimum absolute atomic E-state index is 0.0355. The molecule has 0 radical (unpaired) electrons. The Labute approximate surface area is 227 Å². The van der Waals surface area contributed by atoms with Crippen molar-refractivity contribution in [1.29, 1.82) is 0 Å². The number of ketones is 2. The Morgan fingerprint density at radius 1 is 1.25 bits per heavy atom. The minimum atomic E-state index is -2.72. The number of carbonyl (C=O) groups excluding carboxylic acids is 4. The van der Waals surface area contributed by atoms with E-state index in [0.717, 1.165) is 18.9 Å². The normalized spacial score (nSPS) is 28.3. The maximum atomic E-state index is 15.3. The fourth-order valence-electron chi connectivity index (χ4n) is 6.60. The number of rotatable bonds is 6. The van der Waals surface area contributed by atoms with Crippen LogP contribution < -0.4 is 11.1 Å². The van der Waals surface area contributed by atoms with E-state index >= 15 is 4.39 Å². The topological polar surface area (TPSA) is 200 Å². The van der Waals surface area contributed by atoms with Gasteiger partial charge in [-0.05, 0) is 38.1 Å². The number of carbonyl (C=O) groups is 4. The second-order valence-corrected chi connectivity index (χ2v) is 10.8. The molecule has 5 rings (SSSR count). The zero-order valence-corrected chi connectivity index (χ0v) is 21.7. The molecule has 0 bridgehead atoms. The predicted octanol–water partition coefficient (Wildman–Crippen LogP) is 0.769. The molecule has 1 heterocycles. The van der Waals surface area contributed by atoms with Gasteiger partial charge in [-0.3, -0.25) is 24.1 Å². The predicted molar refractivity (Wildman–Crippen MR) is 136 cm³/mol. The molecule has 4 atom stereocenters. The number of ether oxygens (including phenoxy) is 1. The van der Waals surface area contributed by atoms with Gasteiger partial charge in [0.05, 0.1) is 24.4 Å². The van der Waals surface area contributed by atoms with Crippen LogP contribution in [0, 0.1) is 17.7 Å². The number of Topliss-reactive ketones (excluding diaryl/α,β-unsaturated/α-hetero) is 2. The van der Waals surface area contributed by atoms with Crippen molar-refractivity contribution in [1.82, 2.24) is 4.90 Å². The number of amides is 2. The molecule has 2 amide bonds. The van der Waals surface area contributed by atoms with Crippen LogP contribution in [-0.2, 0) is 25.5 Å². The minimum Gasteiger partial charge on any atom is -0.511 e. The summed E-state index contributed by atoms with van der Waals surface area (Å²) >= 11 is 0. The lowest BCUT2D eigenvalue weighted by atomic mass is 9.60. The third-order valence-electron chi connectivity index (χ3n) is 8.49. The highest BCUT2D eigenvalue weighted by Gasteiger charge is 2.59. The number of phenolic OH excluding ortho intramolecular Hbond substituents is 1. The summed E-state index contributed by atoms with van der Waals surface area (Å²) in [5, 5.41) is 46.0. The smallest absolute Gasteiger partial charge is 0.255 e. The number of allylic oxidation sites excluding steroid dienone is 2. The number of nitrogens with two attached hydrogens (primary N) is 1. The average Bonchev–Trinajstić information content (AvgIpc) is 3.30. The zero-order chi connectivity index (χ0) is 29.1. The molecule has 3 aliphatic carbocycles. The number of halogens is 1. The third-order valence-corrected chi connectivity index (χ3v) is 8.49. The van der Waals surface area contributed by atoms with Crippen molar-refractivity contribution < 1.29 is 48.7 Å². The number of primary amides is 1. The van der Waals surface area contributed by atoms with Crippen LogP contribution in [0.1, 0.15) is 41.6 Å². The van der Waals surface area contributed by atoms with Gasteiger partial charge in [-0.15, -0.1) is 0 Å². The quantitative estimate of drug-likeness (QED) is 0.214. The van der Waals surface area contributed by atoms with E-state index in [1.54, 1.807) is 7.11 Å². The van der Waals surface area contributed by atoms with Crippen LogP contribution in [-0.4, -0.2) is 87.2 Å². The summed E-state index contributed by atoms with van der Waals surface area (Å²) in [5.41, 5.74) is 0.180. The van der Waals surface area contributed by atoms with Gasteiger partial charge < -0.3 is 36.2 Å². The van der Waals surface area contributed by atoms with E-state index in [9.17, 15) is 39.6 Å². The molecule has 0 aromatic heterocycles. The van der Waals surface area contributed by atoms with E-state index in [0.29, 0.717) is 13.2 Å². The molecular formula is C27H30FN3O9. The van der Waals surface area contributed by atoms with E-state index in [1.165, 1.54) is 0 Å². The first-order chi connectivity index (χ1) is 18.9. The van der Waals surface area contributed by atoms with E-state index < -0.39 is 80.6 Å². The van der Waals surface area contributed by atoms with Gasteiger partial charge in [-0.1, -0.05) is 0 Å². The fraction of sp³-hybridized carbons (Fsp3) is 0.481. The van der Waals surface area contributed by atoms with Gasteiger partial charge in [0.15, 0.2) is 17.1 Å². The number of aliphatic hydroxyl groups excluding tert-OH is 2. The molecule has 1 aromatic rings. The molecule has 1 aromatic carbocycles. The molecule has 4 aliphatic rings. The Kier molecular flexibility index (Phi) is 6.92. The van der Waals surface area contributed by atoms with E-state index in [4.69, 9.17) is 10.5 Å². The van der Waals surface area contributed by atoms with Gasteiger partial charge >= 0.3 is 0 Å². The first kappa shape index (κ1) is 27.7. The number of fused-ring (bicyclic) bond motifs is 3. The number of likely N-dealkylation sites (tertiary alicyclic amines) is 1. The number of aliphatic hydroxyl groups is 3. The first-order valence-electron chi connectivity index (χ1n) is 12.9. The first-order valence-corrected chi connectivity index (χ1v) is 12.9. The number of aromatic hydroxyl groups is 1. The van der Waals surface area contributed by atoms with Crippen molar-refractivity contribution in [3.63, 3.8) is 0 Å². The van der Waals surface area contributed by atoms with Crippen molar-refractivity contribution >= 4 is 29.1 Å². The van der Waals surface area contributed by atoms with Crippen LogP contribution in [0.2, 0.25) is 0 Å². The maximum absolute atomic E-state index is 15.3. The van der Waals surface area contributed by atoms with Gasteiger partial charge in [0.1, 0.15) is 22.9 Å². The molecule has 0 spiro atoms. The fourth-order valence-corrected chi connectivity index (χ4v) is 6.60. The van der Waals surface area contributed by atoms with E-state index in [-0.39, 0.29) is 43.1 Å². The molecule has 0 saturated carbocycles. The molecule has 13 heteroatoms. The van der Waals surface area contributed by atoms with Crippen LogP contribution in [0.5, 0.6) is 5.75 Å². The van der Waals surface area contributed by atoms with Gasteiger partial charge in [0.2, 0.25) is 11.7 Å². The molecular weight excluding hydrogens is 529 g/mol. The average molecular weight is 560 g/mol. The molecule has 1 fully saturated rings. The lowest BCUT2D eigenvalue weighted by molar-refractivity contribution is -0.144. The van der Waals surface area contributed by atoms with E-state index in [1.807, 2.05) is 4.90 Å². The summed E-state index contributed by atoms with van der Waals surface area (Å²) in [6.07, 6.45) is 1.06. The summed E-state index contributed by atoms with van der Waals surface area (Å²) in [5.74, 6) is -9.47. The summed E-state index contributed by atoms with van der Waals surface area (Å²) in [6, 6.07) is 0.954. The second kappa shape index (κ2) is 9.98. The highest BCUT2D eigenvalue weighted by molar-refractivity contribution is 6.24. The maximum Gasteiger partial charge on any atom is 0.255 e. The Hall–Kier alpha value is -3.81. The molecule has 12 nitrogen and oxygen atoms in total. The largest absolute Gasteiger partial charge is 0.511 e. The van der Waals surface area contributed by atoms with Gasteiger partial charge in [0.25, 0.3) is 5.91 Å². The van der Waals surface area contributed by atoms with Crippen LogP contribution in [0.3, 0.4) is 0 Å². The summed E-state index contributed by atoms with van der Waals surface area (Å²) in [6.45, 7) is 1.05. The summed E-state index contributed by atoms with van der Waals surface area (Å²) in [7, 11) is 1.56. The summed E-state index contributed by atoms with van der Waals surface area (Å²) < 4.78 is 20.5. The van der Waals surface area contributed by atoms with Crippen molar-refractivity contribution in [2.45, 2.75) is 43.7 Å². The lowest BCUT2D eigenvalue weighted by Gasteiger charge is -2.45. The monoisotopic (exact) mass is 559 g/mol. The van der Waals surface area contributed by atoms with Crippen molar-refractivity contribution in [2.75, 3.05) is 32.1 Å². The van der Waals surface area contributed by atoms with Crippen LogP contribution in [0.4, 0.5) is 10.1 Å². The number of nitrogens with one attached hydrogen (secondary N) is 1. The lowest BCUT2D eigenvalue weighted by Crippen LogP contribution is -2.57. The SMILES string of the molecule is COC[C@@H]1CCCN1CC(=O)Nc1cc(F)c2c(c1O)C(=O)C1=C(O)[C@]3(O)C(=O)C(C(N)=O)=C(O)C[C@@H]3CC1C2. The Balaban J connectivity index is 1.48. The number of anilines is 1. The van der Waals surface area contributed by atoms with Crippen LogP contribution >= 0.6 is 0 Å². The third kappa shape index (κ3) is 4.16. The second-order valence-electron chi connectivity index (χ2n) is 10.8. The van der Waals surface area contributed by atoms with Crippen molar-refractivity contribution in [3.05, 3.63) is 45.7 Å². The van der Waals surface area contributed by atoms with Gasteiger partial charge in [0, 0.05) is 42.7 Å². The van der Waals surface area contributed by atoms with Crippen LogP contribution in [0.15, 0.2) is 28.7 Å². The molecule has 1 unspecified atom stereocenters. The summed E-state index contributed by atoms with van der Waals surface area (Å²) in [4.78, 5) is 53.1. The standard InChI is InChI=1S/C27H30FN3O9/c1-40-10-13-3-2-4-31(13)9-18(33)30-16-8-15(28)14-6-11-5-12-7-17(32)21(26(29)38)25(37)27(12,39)24(36)19(11)23(35)20(14)22(16)34/h8,11-13,32,34,36,39H,2-7,9-10H2,1H3,(H2,29,38)(H,30,33)/t11?,12-,13-,27-/m0/s1. The number of hydrogen-bond acceptors (Lipinski definition) is 10. The number of methoxy groups -OCH3 is 1. The highest BCUT2D eigenvalue weighted by atomic mass is 19.1. The van der Waals surface area contributed by atoms with Gasteiger partial charge in [-0.2, -0.15) is 0 Å². The van der Waals surface area contributed by atoms with Crippen molar-refractivity contribution in [2.24, 2.45) is 17.6 Å². The highest BCUT2D eigenvalue weighted by Crippen LogP contribution is 2.52. The molecule has 40 heavy (non-hydrogen) atoms. The Morgan fingerprint density at radius 2 is 1.98 bits per heavy atom. The Morgan fingerprint density at radius 3 is 2.65 bits per heavy atom. The van der Waals surface area contributed by atoms with Crippen molar-refractivity contribution in [3.8, 4) is 5.75 Å². The molecule has 1 saturated heterocycles. The van der Waals surface area contributed by atoms with E-state index in [2.05, 4.69) is 5.32 Å². The molecule has 7 N–H and O–H groups in total. The number of nitrogens with zero attached hydrogens (tertiary/aromatic N) is 1. The van der Waals surface area contributed by atoms with Crippen LogP contribution in [0.25, 0.3) is 0 Å². The molecule has 1 aliphatic heterocycles. The number of benzene rings is 1.